The summed E-state index contributed by atoms with van der Waals surface area (Å²) >= 11 is 0. The van der Waals surface area contributed by atoms with Crippen molar-refractivity contribution in [2.75, 3.05) is 23.4 Å². The van der Waals surface area contributed by atoms with Crippen molar-refractivity contribution in [2.24, 2.45) is 5.92 Å². The molecule has 0 unspecified atom stereocenters. The maximum absolute atomic E-state index is 12.7. The molecule has 2 heterocycles. The molecule has 2 aliphatic heterocycles. The van der Waals surface area contributed by atoms with E-state index in [2.05, 4.69) is 5.32 Å². The third-order valence-corrected chi connectivity index (χ3v) is 4.36. The molecular formula is C17H22N2O3. The number of hydrogen-bond donors (Lipinski definition) is 1. The van der Waals surface area contributed by atoms with Gasteiger partial charge in [-0.05, 0) is 31.4 Å². The van der Waals surface area contributed by atoms with Crippen LogP contribution in [0.3, 0.4) is 0 Å². The number of para-hydroxylation sites is 2. The second-order valence-electron chi connectivity index (χ2n) is 6.09. The molecule has 0 radical (unpaired) electrons. The number of carbonyl (C=O) groups is 2. The number of rotatable bonds is 3. The highest BCUT2D eigenvalue weighted by molar-refractivity contribution is 6.04. The lowest BCUT2D eigenvalue weighted by Crippen LogP contribution is -2.36. The normalized spacial score (nSPS) is 24.6. The monoisotopic (exact) mass is 302 g/mol. The highest BCUT2D eigenvalue weighted by Gasteiger charge is 2.28. The summed E-state index contributed by atoms with van der Waals surface area (Å²) in [4.78, 5) is 26.4. The minimum atomic E-state index is -0.223. The summed E-state index contributed by atoms with van der Waals surface area (Å²) in [5.41, 5.74) is 1.50. The largest absolute Gasteiger partial charge is 0.378 e. The van der Waals surface area contributed by atoms with Crippen molar-refractivity contribution in [3.05, 3.63) is 24.3 Å². The van der Waals surface area contributed by atoms with E-state index in [1.807, 2.05) is 31.2 Å². The lowest BCUT2D eigenvalue weighted by Gasteiger charge is -2.24. The summed E-state index contributed by atoms with van der Waals surface area (Å²) in [6.45, 7) is 3.08. The van der Waals surface area contributed by atoms with Gasteiger partial charge in [-0.3, -0.25) is 9.59 Å². The van der Waals surface area contributed by atoms with Gasteiger partial charge in [-0.25, -0.2) is 0 Å². The highest BCUT2D eigenvalue weighted by Crippen LogP contribution is 2.30. The average molecular weight is 302 g/mol. The summed E-state index contributed by atoms with van der Waals surface area (Å²) in [6, 6.07) is 7.48. The molecule has 0 aromatic heterocycles. The number of nitrogens with one attached hydrogen (secondary N) is 1. The number of ether oxygens (including phenoxy) is 1. The Morgan fingerprint density at radius 2 is 2.23 bits per heavy atom. The van der Waals surface area contributed by atoms with Gasteiger partial charge in [0.15, 0.2) is 0 Å². The molecular weight excluding hydrogens is 280 g/mol. The first kappa shape index (κ1) is 15.0. The summed E-state index contributed by atoms with van der Waals surface area (Å²) in [5, 5.41) is 2.90. The standard InChI is InChI=1S/C17H22N2O3/c1-12-11-19(16(20)9-8-13-5-4-10-22-13)15-7-3-2-6-14(15)18-17(12)21/h2-3,6-7,12-13H,4-5,8-11H2,1H3,(H,18,21)/t12-,13-/m1/s1. The Labute approximate surface area is 130 Å². The number of hydrogen-bond acceptors (Lipinski definition) is 3. The smallest absolute Gasteiger partial charge is 0.229 e. The Morgan fingerprint density at radius 3 is 3.00 bits per heavy atom. The van der Waals surface area contributed by atoms with Crippen LogP contribution >= 0.6 is 0 Å². The summed E-state index contributed by atoms with van der Waals surface area (Å²) in [5.74, 6) is -0.202. The topological polar surface area (TPSA) is 58.6 Å². The number of benzene rings is 1. The van der Waals surface area contributed by atoms with Gasteiger partial charge >= 0.3 is 0 Å². The van der Waals surface area contributed by atoms with Crippen molar-refractivity contribution in [3.8, 4) is 0 Å². The van der Waals surface area contributed by atoms with Gasteiger partial charge in [0.2, 0.25) is 11.8 Å². The van der Waals surface area contributed by atoms with E-state index in [1.165, 1.54) is 0 Å². The van der Waals surface area contributed by atoms with Crippen LogP contribution in [-0.4, -0.2) is 31.1 Å². The summed E-state index contributed by atoms with van der Waals surface area (Å²) in [6.07, 6.45) is 3.55. The third kappa shape index (κ3) is 3.14. The van der Waals surface area contributed by atoms with Crippen LogP contribution in [0.4, 0.5) is 11.4 Å². The number of fused-ring (bicyclic) bond motifs is 1. The Balaban J connectivity index is 1.75. The zero-order valence-electron chi connectivity index (χ0n) is 12.9. The van der Waals surface area contributed by atoms with Crippen LogP contribution in [0.1, 0.15) is 32.6 Å². The van der Waals surface area contributed by atoms with E-state index in [0.717, 1.165) is 31.6 Å². The Morgan fingerprint density at radius 1 is 1.41 bits per heavy atom. The fourth-order valence-electron chi connectivity index (χ4n) is 3.05. The minimum absolute atomic E-state index is 0.0399. The molecule has 0 aliphatic carbocycles. The number of anilines is 2. The molecule has 1 saturated heterocycles. The zero-order valence-corrected chi connectivity index (χ0v) is 12.9. The first-order chi connectivity index (χ1) is 10.6. The first-order valence-electron chi connectivity index (χ1n) is 7.97. The van der Waals surface area contributed by atoms with Crippen LogP contribution in [0.15, 0.2) is 24.3 Å². The first-order valence-corrected chi connectivity index (χ1v) is 7.97. The van der Waals surface area contributed by atoms with Crippen LogP contribution in [-0.2, 0) is 14.3 Å². The van der Waals surface area contributed by atoms with Gasteiger partial charge < -0.3 is 15.0 Å². The van der Waals surface area contributed by atoms with E-state index < -0.39 is 0 Å². The maximum Gasteiger partial charge on any atom is 0.229 e. The van der Waals surface area contributed by atoms with Crippen LogP contribution in [0.5, 0.6) is 0 Å². The van der Waals surface area contributed by atoms with E-state index in [-0.39, 0.29) is 23.8 Å². The number of nitrogens with zero attached hydrogens (tertiary/aromatic N) is 1. The third-order valence-electron chi connectivity index (χ3n) is 4.36. The molecule has 5 heteroatoms. The second-order valence-corrected chi connectivity index (χ2v) is 6.09. The van der Waals surface area contributed by atoms with E-state index in [0.29, 0.717) is 18.7 Å². The molecule has 0 bridgehead atoms. The van der Waals surface area contributed by atoms with Gasteiger partial charge in [0.05, 0.1) is 23.4 Å². The quantitative estimate of drug-likeness (QED) is 0.933. The van der Waals surface area contributed by atoms with E-state index >= 15 is 0 Å². The average Bonchev–Trinajstić information content (AvgIpc) is 3.00. The molecule has 1 aromatic carbocycles. The molecule has 3 rings (SSSR count). The molecule has 2 atom stereocenters. The van der Waals surface area contributed by atoms with Gasteiger partial charge in [0, 0.05) is 19.6 Å². The lowest BCUT2D eigenvalue weighted by molar-refractivity contribution is -0.120. The molecule has 118 valence electrons. The van der Waals surface area contributed by atoms with Gasteiger partial charge in [-0.2, -0.15) is 0 Å². The van der Waals surface area contributed by atoms with Crippen molar-refractivity contribution >= 4 is 23.2 Å². The molecule has 0 spiro atoms. The maximum atomic E-state index is 12.7. The van der Waals surface area contributed by atoms with Gasteiger partial charge in [-0.1, -0.05) is 19.1 Å². The number of amides is 2. The molecule has 1 fully saturated rings. The van der Waals surface area contributed by atoms with Gasteiger partial charge in [-0.15, -0.1) is 0 Å². The number of carbonyl (C=O) groups excluding carboxylic acids is 2. The summed E-state index contributed by atoms with van der Waals surface area (Å²) < 4.78 is 5.59. The molecule has 0 saturated carbocycles. The van der Waals surface area contributed by atoms with Crippen LogP contribution in [0.2, 0.25) is 0 Å². The van der Waals surface area contributed by atoms with Gasteiger partial charge in [0.25, 0.3) is 0 Å². The van der Waals surface area contributed by atoms with Crippen molar-refractivity contribution < 1.29 is 14.3 Å². The molecule has 1 N–H and O–H groups in total. The zero-order chi connectivity index (χ0) is 15.5. The van der Waals surface area contributed by atoms with Crippen LogP contribution in [0.25, 0.3) is 0 Å². The Kier molecular flexibility index (Phi) is 4.43. The minimum Gasteiger partial charge on any atom is -0.378 e. The van der Waals surface area contributed by atoms with E-state index in [1.54, 1.807) is 4.90 Å². The van der Waals surface area contributed by atoms with Crippen molar-refractivity contribution in [1.29, 1.82) is 0 Å². The lowest BCUT2D eigenvalue weighted by atomic mass is 10.1. The van der Waals surface area contributed by atoms with Crippen molar-refractivity contribution in [1.82, 2.24) is 0 Å². The van der Waals surface area contributed by atoms with Crippen LogP contribution < -0.4 is 10.2 Å². The Hall–Kier alpha value is -1.88. The fraction of sp³-hybridized carbons (Fsp3) is 0.529. The van der Waals surface area contributed by atoms with E-state index in [9.17, 15) is 9.59 Å². The predicted molar refractivity (Wildman–Crippen MR) is 84.8 cm³/mol. The van der Waals surface area contributed by atoms with Crippen molar-refractivity contribution in [3.63, 3.8) is 0 Å². The molecule has 22 heavy (non-hydrogen) atoms. The molecule has 2 amide bonds. The highest BCUT2D eigenvalue weighted by atomic mass is 16.5. The molecule has 2 aliphatic rings. The van der Waals surface area contributed by atoms with Crippen LogP contribution in [0, 0.1) is 5.92 Å². The predicted octanol–water partition coefficient (Wildman–Crippen LogP) is 2.57. The van der Waals surface area contributed by atoms with Gasteiger partial charge in [0.1, 0.15) is 0 Å². The molecule has 5 nitrogen and oxygen atoms in total. The molecule has 1 aromatic rings. The summed E-state index contributed by atoms with van der Waals surface area (Å²) in [7, 11) is 0. The van der Waals surface area contributed by atoms with Crippen molar-refractivity contribution in [2.45, 2.75) is 38.7 Å². The fourth-order valence-corrected chi connectivity index (χ4v) is 3.05. The Bertz CT molecular complexity index is 567. The van der Waals surface area contributed by atoms with E-state index in [4.69, 9.17) is 4.74 Å². The SMILES string of the molecule is C[C@@H]1CN(C(=O)CC[C@H]2CCCO2)c2ccccc2NC1=O. The second kappa shape index (κ2) is 6.48.